The van der Waals surface area contributed by atoms with Gasteiger partial charge in [0, 0.05) is 0 Å². The summed E-state index contributed by atoms with van der Waals surface area (Å²) in [5.74, 6) is 0. The van der Waals surface area contributed by atoms with Crippen LogP contribution >= 0.6 is 0 Å². The standard InChI is InChI=1S/C11H14N2/c1-2-5-11-10-7-4-3-6-9(10)8-12-13-11/h3-4,6-8,11,13H,2,5H2,1H3. The number of fused-ring (bicyclic) bond motifs is 1. The largest absolute Gasteiger partial charge is 0.303 e. The molecule has 1 heterocycles. The van der Waals surface area contributed by atoms with Gasteiger partial charge in [0.25, 0.3) is 0 Å². The molecule has 2 rings (SSSR count). The van der Waals surface area contributed by atoms with Crippen molar-refractivity contribution >= 4 is 6.21 Å². The molecule has 0 radical (unpaired) electrons. The van der Waals surface area contributed by atoms with Gasteiger partial charge in [-0.1, -0.05) is 37.6 Å². The van der Waals surface area contributed by atoms with E-state index < -0.39 is 0 Å². The van der Waals surface area contributed by atoms with Crippen LogP contribution in [0.3, 0.4) is 0 Å². The number of benzene rings is 1. The molecule has 13 heavy (non-hydrogen) atoms. The van der Waals surface area contributed by atoms with Crippen molar-refractivity contribution in [3.05, 3.63) is 35.4 Å². The summed E-state index contributed by atoms with van der Waals surface area (Å²) in [6.07, 6.45) is 4.22. The number of hydrazone groups is 1. The minimum Gasteiger partial charge on any atom is -0.303 e. The summed E-state index contributed by atoms with van der Waals surface area (Å²) in [5.41, 5.74) is 5.77. The van der Waals surface area contributed by atoms with E-state index in [1.54, 1.807) is 0 Å². The molecule has 0 saturated heterocycles. The van der Waals surface area contributed by atoms with Gasteiger partial charge in [-0.2, -0.15) is 5.10 Å². The van der Waals surface area contributed by atoms with E-state index in [-0.39, 0.29) is 0 Å². The first-order valence-electron chi connectivity index (χ1n) is 4.79. The van der Waals surface area contributed by atoms with Gasteiger partial charge >= 0.3 is 0 Å². The summed E-state index contributed by atoms with van der Waals surface area (Å²) in [6.45, 7) is 2.20. The van der Waals surface area contributed by atoms with Gasteiger partial charge in [-0.25, -0.2) is 0 Å². The summed E-state index contributed by atoms with van der Waals surface area (Å²) in [7, 11) is 0. The molecule has 1 aliphatic rings. The Morgan fingerprint density at radius 2 is 2.23 bits per heavy atom. The van der Waals surface area contributed by atoms with Crippen molar-refractivity contribution in [2.75, 3.05) is 0 Å². The average Bonchev–Trinajstić information content (AvgIpc) is 2.19. The lowest BCUT2D eigenvalue weighted by Crippen LogP contribution is -2.21. The monoisotopic (exact) mass is 174 g/mol. The zero-order valence-corrected chi connectivity index (χ0v) is 7.83. The first kappa shape index (κ1) is 8.30. The molecule has 0 spiro atoms. The van der Waals surface area contributed by atoms with E-state index in [1.165, 1.54) is 17.5 Å². The molecule has 0 aromatic heterocycles. The lowest BCUT2D eigenvalue weighted by atomic mass is 9.97. The van der Waals surface area contributed by atoms with Crippen LogP contribution in [0.15, 0.2) is 29.4 Å². The van der Waals surface area contributed by atoms with Crippen LogP contribution < -0.4 is 5.43 Å². The smallest absolute Gasteiger partial charge is 0.0695 e. The molecule has 0 amide bonds. The molecule has 1 aromatic rings. The van der Waals surface area contributed by atoms with Gasteiger partial charge in [-0.05, 0) is 17.5 Å². The van der Waals surface area contributed by atoms with Crippen molar-refractivity contribution in [1.29, 1.82) is 0 Å². The predicted molar refractivity (Wildman–Crippen MR) is 54.8 cm³/mol. The molecule has 0 saturated carbocycles. The number of hydrogen-bond acceptors (Lipinski definition) is 2. The topological polar surface area (TPSA) is 24.4 Å². The average molecular weight is 174 g/mol. The third-order valence-electron chi connectivity index (χ3n) is 2.38. The molecule has 1 aromatic carbocycles. The van der Waals surface area contributed by atoms with E-state index in [2.05, 4.69) is 41.7 Å². The van der Waals surface area contributed by atoms with Gasteiger partial charge < -0.3 is 5.43 Å². The highest BCUT2D eigenvalue weighted by atomic mass is 15.3. The lowest BCUT2D eigenvalue weighted by molar-refractivity contribution is 0.507. The zero-order valence-electron chi connectivity index (χ0n) is 7.83. The molecule has 0 aliphatic carbocycles. The first-order chi connectivity index (χ1) is 6.42. The summed E-state index contributed by atoms with van der Waals surface area (Å²) >= 11 is 0. The van der Waals surface area contributed by atoms with E-state index in [1.807, 2.05) is 6.21 Å². The Morgan fingerprint density at radius 1 is 1.38 bits per heavy atom. The highest BCUT2D eigenvalue weighted by molar-refractivity contribution is 5.82. The molecule has 1 N–H and O–H groups in total. The number of nitrogens with one attached hydrogen (secondary N) is 1. The molecule has 1 unspecified atom stereocenters. The number of nitrogens with zero attached hydrogens (tertiary/aromatic N) is 1. The second kappa shape index (κ2) is 3.60. The Balaban J connectivity index is 2.32. The van der Waals surface area contributed by atoms with Crippen LogP contribution in [0.25, 0.3) is 0 Å². The molecular formula is C11H14N2. The second-order valence-corrected chi connectivity index (χ2v) is 3.36. The maximum atomic E-state index is 4.14. The Labute approximate surface area is 78.7 Å². The third kappa shape index (κ3) is 1.57. The van der Waals surface area contributed by atoms with Crippen LogP contribution in [0, 0.1) is 0 Å². The van der Waals surface area contributed by atoms with E-state index in [4.69, 9.17) is 0 Å². The number of rotatable bonds is 2. The van der Waals surface area contributed by atoms with Gasteiger partial charge in [0.1, 0.15) is 0 Å². The van der Waals surface area contributed by atoms with E-state index >= 15 is 0 Å². The van der Waals surface area contributed by atoms with Crippen molar-refractivity contribution in [3.63, 3.8) is 0 Å². The van der Waals surface area contributed by atoms with Crippen LogP contribution in [0.1, 0.15) is 36.9 Å². The lowest BCUT2D eigenvalue weighted by Gasteiger charge is -2.21. The molecule has 0 bridgehead atoms. The van der Waals surface area contributed by atoms with Gasteiger partial charge in [-0.3, -0.25) is 0 Å². The van der Waals surface area contributed by atoms with Gasteiger partial charge in [0.2, 0.25) is 0 Å². The first-order valence-corrected chi connectivity index (χ1v) is 4.79. The van der Waals surface area contributed by atoms with Crippen molar-refractivity contribution in [3.8, 4) is 0 Å². The SMILES string of the molecule is CCCC1NN=Cc2ccccc21. The van der Waals surface area contributed by atoms with Crippen LogP contribution in [-0.2, 0) is 0 Å². The number of hydrogen-bond donors (Lipinski definition) is 1. The molecular weight excluding hydrogens is 160 g/mol. The van der Waals surface area contributed by atoms with Gasteiger partial charge in [0.05, 0.1) is 12.3 Å². The molecule has 1 atom stereocenters. The zero-order chi connectivity index (χ0) is 9.10. The molecule has 2 nitrogen and oxygen atoms in total. The summed E-state index contributed by atoms with van der Waals surface area (Å²) in [4.78, 5) is 0. The van der Waals surface area contributed by atoms with E-state index in [9.17, 15) is 0 Å². The van der Waals surface area contributed by atoms with Crippen LogP contribution in [0.5, 0.6) is 0 Å². The van der Waals surface area contributed by atoms with Crippen LogP contribution in [0.2, 0.25) is 0 Å². The molecule has 2 heteroatoms. The Morgan fingerprint density at radius 3 is 3.08 bits per heavy atom. The van der Waals surface area contributed by atoms with Gasteiger partial charge in [-0.15, -0.1) is 0 Å². The maximum absolute atomic E-state index is 4.14. The van der Waals surface area contributed by atoms with Crippen molar-refractivity contribution in [1.82, 2.24) is 5.43 Å². The van der Waals surface area contributed by atoms with E-state index in [0.29, 0.717) is 6.04 Å². The Bertz CT molecular complexity index is 318. The third-order valence-corrected chi connectivity index (χ3v) is 2.38. The molecule has 68 valence electrons. The van der Waals surface area contributed by atoms with Crippen molar-refractivity contribution in [2.45, 2.75) is 25.8 Å². The van der Waals surface area contributed by atoms with E-state index in [0.717, 1.165) is 6.42 Å². The second-order valence-electron chi connectivity index (χ2n) is 3.36. The normalized spacial score (nSPS) is 19.3. The van der Waals surface area contributed by atoms with Crippen molar-refractivity contribution < 1.29 is 0 Å². The molecule has 1 aliphatic heterocycles. The van der Waals surface area contributed by atoms with Crippen LogP contribution in [0.4, 0.5) is 0 Å². The quantitative estimate of drug-likeness (QED) is 0.731. The summed E-state index contributed by atoms with van der Waals surface area (Å²) in [6, 6.07) is 8.84. The fraction of sp³-hybridized carbons (Fsp3) is 0.364. The Kier molecular flexibility index (Phi) is 2.30. The predicted octanol–water partition coefficient (Wildman–Crippen LogP) is 2.46. The van der Waals surface area contributed by atoms with Crippen LogP contribution in [-0.4, -0.2) is 6.21 Å². The molecule has 0 fully saturated rings. The fourth-order valence-electron chi connectivity index (χ4n) is 1.72. The minimum atomic E-state index is 0.409. The van der Waals surface area contributed by atoms with Gasteiger partial charge in [0.15, 0.2) is 0 Å². The summed E-state index contributed by atoms with van der Waals surface area (Å²) < 4.78 is 0. The Hall–Kier alpha value is -1.31. The fourth-order valence-corrected chi connectivity index (χ4v) is 1.72. The summed E-state index contributed by atoms with van der Waals surface area (Å²) in [5, 5.41) is 4.14. The maximum Gasteiger partial charge on any atom is 0.0695 e. The highest BCUT2D eigenvalue weighted by Gasteiger charge is 2.14. The van der Waals surface area contributed by atoms with Crippen molar-refractivity contribution in [2.24, 2.45) is 5.10 Å². The highest BCUT2D eigenvalue weighted by Crippen LogP contribution is 2.23. The minimum absolute atomic E-state index is 0.409.